The van der Waals surface area contributed by atoms with Crippen molar-refractivity contribution in [1.29, 1.82) is 0 Å². The van der Waals surface area contributed by atoms with Crippen LogP contribution in [0.25, 0.3) is 0 Å². The number of hydrogen-bond donors (Lipinski definition) is 6. The first-order valence-corrected chi connectivity index (χ1v) is 14.3. The second kappa shape index (κ2) is 10.3. The fourth-order valence-corrected chi connectivity index (χ4v) is 7.57. The maximum absolute atomic E-state index is 16.1. The van der Waals surface area contributed by atoms with Gasteiger partial charge in [0.2, 0.25) is 5.78 Å². The minimum Gasteiger partial charge on any atom is -0.510 e. The summed E-state index contributed by atoms with van der Waals surface area (Å²) in [6, 6.07) is 0.0991. The van der Waals surface area contributed by atoms with E-state index in [-0.39, 0.29) is 47.6 Å². The number of fused-ring (bicyclic) bond motifs is 3. The number of hydrogen-bond acceptors (Lipinski definition) is 10. The number of nitrogens with zero attached hydrogens (tertiary/aromatic N) is 3. The summed E-state index contributed by atoms with van der Waals surface area (Å²) in [6.07, 6.45) is 4.96. The van der Waals surface area contributed by atoms with Gasteiger partial charge in [0.15, 0.2) is 11.4 Å². The van der Waals surface area contributed by atoms with Crippen LogP contribution in [0.1, 0.15) is 52.5 Å². The van der Waals surface area contributed by atoms with Crippen LogP contribution in [0.5, 0.6) is 5.75 Å². The molecule has 1 amide bonds. The normalized spacial score (nSPS) is 28.3. The number of benzene rings is 1. The summed E-state index contributed by atoms with van der Waals surface area (Å²) in [5.41, 5.74) is 1.32. The Morgan fingerprint density at radius 1 is 1.21 bits per heavy atom. The number of piperidine rings is 1. The molecule has 2 aromatic rings. The van der Waals surface area contributed by atoms with Gasteiger partial charge in [0.25, 0.3) is 5.91 Å². The number of rotatable bonds is 5. The van der Waals surface area contributed by atoms with Crippen molar-refractivity contribution in [3.63, 3.8) is 0 Å². The van der Waals surface area contributed by atoms with E-state index in [2.05, 4.69) is 14.9 Å². The summed E-state index contributed by atoms with van der Waals surface area (Å²) < 4.78 is 16.1. The molecule has 1 saturated heterocycles. The Labute approximate surface area is 246 Å². The van der Waals surface area contributed by atoms with Crippen LogP contribution in [-0.4, -0.2) is 96.5 Å². The fourth-order valence-electron chi connectivity index (χ4n) is 7.57. The molecule has 12 nitrogen and oxygen atoms in total. The number of phenolic OH excluding ortho intramolecular Hbond substituents is 1. The summed E-state index contributed by atoms with van der Waals surface area (Å²) in [5.74, 6) is -7.05. The number of nitrogens with one attached hydrogen (secondary N) is 1. The number of likely N-dealkylation sites (N-methyl/N-ethyl adjacent to an activating group) is 1. The number of aromatic amines is 1. The van der Waals surface area contributed by atoms with E-state index in [1.165, 1.54) is 11.0 Å². The average Bonchev–Trinajstić information content (AvgIpc) is 3.48. The maximum Gasteiger partial charge on any atom is 0.255 e. The molecule has 3 aliphatic carbocycles. The van der Waals surface area contributed by atoms with Gasteiger partial charge in [-0.3, -0.25) is 24.2 Å². The number of amides is 1. The van der Waals surface area contributed by atoms with E-state index in [0.717, 1.165) is 18.7 Å². The third-order valence-electron chi connectivity index (χ3n) is 9.62. The van der Waals surface area contributed by atoms with Crippen molar-refractivity contribution in [2.45, 2.75) is 49.8 Å². The van der Waals surface area contributed by atoms with E-state index in [1.54, 1.807) is 26.5 Å². The van der Waals surface area contributed by atoms with Crippen LogP contribution < -0.4 is 5.73 Å². The van der Waals surface area contributed by atoms with Gasteiger partial charge in [0, 0.05) is 47.5 Å². The van der Waals surface area contributed by atoms with Crippen LogP contribution in [0, 0.1) is 17.7 Å². The molecule has 0 spiro atoms. The molecule has 43 heavy (non-hydrogen) atoms. The van der Waals surface area contributed by atoms with Crippen LogP contribution in [0.2, 0.25) is 0 Å². The molecule has 1 aliphatic heterocycles. The number of aromatic hydroxyl groups is 1. The number of allylic oxidation sites excluding steroid dienone is 1. The molecule has 0 bridgehead atoms. The lowest BCUT2D eigenvalue weighted by Gasteiger charge is -2.50. The predicted octanol–water partition coefficient (Wildman–Crippen LogP) is 1.36. The van der Waals surface area contributed by atoms with Crippen LogP contribution in [0.15, 0.2) is 41.1 Å². The molecule has 228 valence electrons. The van der Waals surface area contributed by atoms with Crippen LogP contribution in [-0.2, 0) is 22.6 Å². The van der Waals surface area contributed by atoms with Gasteiger partial charge in [0.05, 0.1) is 11.6 Å². The smallest absolute Gasteiger partial charge is 0.255 e. The molecule has 2 heterocycles. The molecule has 0 saturated carbocycles. The molecule has 1 aromatic heterocycles. The molecule has 0 unspecified atom stereocenters. The molecule has 4 aliphatic rings. The van der Waals surface area contributed by atoms with Gasteiger partial charge in [-0.05, 0) is 64.9 Å². The lowest BCUT2D eigenvalue weighted by Crippen LogP contribution is -2.63. The molecular weight excluding hydrogens is 561 g/mol. The van der Waals surface area contributed by atoms with Crippen LogP contribution in [0.4, 0.5) is 4.39 Å². The number of Topliss-reactive ketones (excluding diaryl/α,β-unsaturated/α-hetero) is 2. The predicted molar refractivity (Wildman–Crippen MR) is 149 cm³/mol. The summed E-state index contributed by atoms with van der Waals surface area (Å²) in [6.45, 7) is 1.60. The fraction of sp³-hybridized carbons (Fsp3) is 0.467. The van der Waals surface area contributed by atoms with Crippen molar-refractivity contribution < 1.29 is 39.2 Å². The Morgan fingerprint density at radius 3 is 2.51 bits per heavy atom. The number of halogens is 1. The van der Waals surface area contributed by atoms with E-state index in [1.807, 2.05) is 0 Å². The summed E-state index contributed by atoms with van der Waals surface area (Å²) in [5, 5.41) is 44.9. The van der Waals surface area contributed by atoms with Crippen LogP contribution in [0.3, 0.4) is 0 Å². The number of aliphatic hydroxyl groups is 3. The minimum atomic E-state index is -2.74. The molecule has 1 aromatic carbocycles. The number of ketones is 2. The zero-order valence-electron chi connectivity index (χ0n) is 23.8. The molecule has 1 fully saturated rings. The first kappa shape index (κ1) is 29.0. The Morgan fingerprint density at radius 2 is 1.91 bits per heavy atom. The number of aliphatic hydroxyl groups excluding tert-OH is 2. The Balaban J connectivity index is 1.34. The standard InChI is InChI=1S/C30H34FN5O7/c1-35(2)23-17-10-14-9-16-20(24(38)19(14)26(40)30(17,43)27(41)21(25(23)39)28(32)42)18(37)11-15(22(16)31)12-36-7-3-13(4-8-36)29-33-5-6-34-29/h5-6,11,13-14,17,23,37,39-40,43H,3-4,7-10,12H2,1-2H3,(H2,32,42)(H,33,34)/t14-,17-,23-,30-/m0/s1. The number of carbonyl (C=O) groups excluding carboxylic acids is 3. The van der Waals surface area contributed by atoms with Gasteiger partial charge < -0.3 is 31.1 Å². The van der Waals surface area contributed by atoms with Crippen molar-refractivity contribution >= 4 is 17.5 Å². The van der Waals surface area contributed by atoms with Gasteiger partial charge in [-0.25, -0.2) is 9.37 Å². The number of carbonyl (C=O) groups is 3. The van der Waals surface area contributed by atoms with Gasteiger partial charge >= 0.3 is 0 Å². The average molecular weight is 596 g/mol. The van der Waals surface area contributed by atoms with E-state index < -0.39 is 69.6 Å². The highest BCUT2D eigenvalue weighted by atomic mass is 19.1. The summed E-state index contributed by atoms with van der Waals surface area (Å²) in [7, 11) is 3.10. The number of imidazole rings is 1. The molecule has 6 rings (SSSR count). The van der Waals surface area contributed by atoms with Crippen molar-refractivity contribution in [2.24, 2.45) is 17.6 Å². The highest BCUT2D eigenvalue weighted by molar-refractivity contribution is 6.24. The topological polar surface area (TPSA) is 193 Å². The van der Waals surface area contributed by atoms with E-state index in [4.69, 9.17) is 5.73 Å². The first-order valence-electron chi connectivity index (χ1n) is 14.3. The second-order valence-corrected chi connectivity index (χ2v) is 12.2. The SMILES string of the molecule is CN(C)[C@@H]1C(O)=C(C(N)=O)C(=O)[C@@]2(O)C(O)=C3C(=O)c4c(O)cc(CN5CCC(c6ncc[nH]6)CC5)c(F)c4C[C@H]3C[C@@H]12. The zero-order chi connectivity index (χ0) is 31.0. The van der Waals surface area contributed by atoms with Crippen molar-refractivity contribution in [3.8, 4) is 5.75 Å². The number of H-pyrrole nitrogens is 1. The molecular formula is C30H34FN5O7. The molecule has 0 radical (unpaired) electrons. The van der Waals surface area contributed by atoms with E-state index in [9.17, 15) is 34.8 Å². The maximum atomic E-state index is 16.1. The number of phenols is 1. The number of aromatic nitrogens is 2. The second-order valence-electron chi connectivity index (χ2n) is 12.2. The van der Waals surface area contributed by atoms with Crippen LogP contribution >= 0.6 is 0 Å². The highest BCUT2D eigenvalue weighted by Crippen LogP contribution is 2.52. The lowest BCUT2D eigenvalue weighted by atomic mass is 9.58. The highest BCUT2D eigenvalue weighted by Gasteiger charge is 2.63. The van der Waals surface area contributed by atoms with Gasteiger partial charge in [-0.2, -0.15) is 0 Å². The van der Waals surface area contributed by atoms with E-state index >= 15 is 4.39 Å². The van der Waals surface area contributed by atoms with Gasteiger partial charge in [-0.15, -0.1) is 0 Å². The van der Waals surface area contributed by atoms with Crippen molar-refractivity contribution in [3.05, 3.63) is 69.5 Å². The Kier molecular flexibility index (Phi) is 6.94. The summed E-state index contributed by atoms with van der Waals surface area (Å²) >= 11 is 0. The third kappa shape index (κ3) is 4.28. The zero-order valence-corrected chi connectivity index (χ0v) is 23.8. The molecule has 13 heteroatoms. The van der Waals surface area contributed by atoms with Crippen molar-refractivity contribution in [2.75, 3.05) is 27.2 Å². The lowest BCUT2D eigenvalue weighted by molar-refractivity contribution is -0.148. The molecule has 7 N–H and O–H groups in total. The quantitative estimate of drug-likeness (QED) is 0.275. The summed E-state index contributed by atoms with van der Waals surface area (Å²) in [4.78, 5) is 50.3. The number of primary amides is 1. The van der Waals surface area contributed by atoms with E-state index in [0.29, 0.717) is 13.1 Å². The Hall–Kier alpha value is -4.07. The molecule has 4 atom stereocenters. The van der Waals surface area contributed by atoms with Crippen molar-refractivity contribution in [1.82, 2.24) is 19.8 Å². The largest absolute Gasteiger partial charge is 0.510 e. The number of nitrogens with two attached hydrogens (primary N) is 1. The minimum absolute atomic E-state index is 0.00131. The van der Waals surface area contributed by atoms with Gasteiger partial charge in [-0.1, -0.05) is 0 Å². The first-order chi connectivity index (χ1) is 20.4. The third-order valence-corrected chi connectivity index (χ3v) is 9.62. The Bertz CT molecular complexity index is 1590. The number of likely N-dealkylation sites (tertiary alicyclic amines) is 1. The van der Waals surface area contributed by atoms with Gasteiger partial charge in [0.1, 0.15) is 34.5 Å². The monoisotopic (exact) mass is 595 g/mol.